The third-order valence-electron chi connectivity index (χ3n) is 3.40. The normalized spacial score (nSPS) is 19.3. The van der Waals surface area contributed by atoms with Gasteiger partial charge in [-0.05, 0) is 25.2 Å². The summed E-state index contributed by atoms with van der Waals surface area (Å²) < 4.78 is 0. The number of hydrogen-bond acceptors (Lipinski definition) is 2. The number of nitrogens with one attached hydrogen (secondary N) is 1. The fourth-order valence-electron chi connectivity index (χ4n) is 1.65. The summed E-state index contributed by atoms with van der Waals surface area (Å²) in [6, 6.07) is 0.645. The molecule has 0 saturated carbocycles. The Morgan fingerprint density at radius 1 is 1.27 bits per heavy atom. The van der Waals surface area contributed by atoms with Crippen LogP contribution in [-0.4, -0.2) is 23.8 Å². The molecule has 0 amide bonds. The van der Waals surface area contributed by atoms with E-state index in [1.165, 1.54) is 0 Å². The molecular weight excluding hydrogens is 186 g/mol. The highest BCUT2D eigenvalue weighted by Crippen LogP contribution is 2.13. The van der Waals surface area contributed by atoms with Crippen molar-refractivity contribution in [2.45, 2.75) is 52.6 Å². The molecule has 0 spiro atoms. The summed E-state index contributed by atoms with van der Waals surface area (Å²) in [5.41, 5.74) is 0. The van der Waals surface area contributed by atoms with Crippen LogP contribution in [0.1, 0.15) is 40.5 Å². The van der Waals surface area contributed by atoms with Crippen LogP contribution in [-0.2, 0) is 0 Å². The van der Waals surface area contributed by atoms with E-state index in [1.807, 2.05) is 6.08 Å². The van der Waals surface area contributed by atoms with E-state index < -0.39 is 0 Å². The van der Waals surface area contributed by atoms with Crippen molar-refractivity contribution in [2.75, 3.05) is 6.61 Å². The Labute approximate surface area is 94.8 Å². The number of rotatable bonds is 8. The van der Waals surface area contributed by atoms with Gasteiger partial charge >= 0.3 is 0 Å². The predicted octanol–water partition coefficient (Wildman–Crippen LogP) is 2.58. The second-order valence-corrected chi connectivity index (χ2v) is 4.63. The molecular formula is C13H27NO. The van der Waals surface area contributed by atoms with Crippen molar-refractivity contribution < 1.29 is 5.11 Å². The lowest BCUT2D eigenvalue weighted by Gasteiger charge is -2.29. The molecule has 2 nitrogen and oxygen atoms in total. The van der Waals surface area contributed by atoms with Gasteiger partial charge < -0.3 is 10.4 Å². The van der Waals surface area contributed by atoms with Crippen LogP contribution in [0.4, 0.5) is 0 Å². The zero-order valence-corrected chi connectivity index (χ0v) is 10.7. The molecule has 0 aromatic carbocycles. The molecule has 0 aliphatic carbocycles. The Morgan fingerprint density at radius 2 is 1.87 bits per heavy atom. The van der Waals surface area contributed by atoms with Crippen LogP contribution in [0.5, 0.6) is 0 Å². The summed E-state index contributed by atoms with van der Waals surface area (Å²) in [4.78, 5) is 0. The van der Waals surface area contributed by atoms with E-state index in [-0.39, 0.29) is 12.6 Å². The molecule has 0 heterocycles. The van der Waals surface area contributed by atoms with Gasteiger partial charge in [0.25, 0.3) is 0 Å². The first-order valence-corrected chi connectivity index (χ1v) is 6.04. The maximum atomic E-state index is 9.31. The minimum absolute atomic E-state index is 0.220. The van der Waals surface area contributed by atoms with Gasteiger partial charge in [-0.3, -0.25) is 0 Å². The Hall–Kier alpha value is -0.340. The molecule has 0 radical (unpaired) electrons. The quantitative estimate of drug-likeness (QED) is 0.607. The smallest absolute Gasteiger partial charge is 0.0587 e. The lowest BCUT2D eigenvalue weighted by Crippen LogP contribution is -2.45. The molecule has 4 unspecified atom stereocenters. The van der Waals surface area contributed by atoms with Gasteiger partial charge in [-0.25, -0.2) is 0 Å². The maximum absolute atomic E-state index is 9.31. The standard InChI is InChI=1S/C13H27NO/c1-6-8-11(4)12(5)14-13(9-15)10(3)7-2/h6,10-15H,1,7-9H2,2-5H3. The molecule has 0 saturated heterocycles. The van der Waals surface area contributed by atoms with Crippen molar-refractivity contribution in [3.63, 3.8) is 0 Å². The Kier molecular flexibility index (Phi) is 7.71. The molecule has 2 N–H and O–H groups in total. The minimum Gasteiger partial charge on any atom is -0.395 e. The van der Waals surface area contributed by atoms with E-state index >= 15 is 0 Å². The van der Waals surface area contributed by atoms with Gasteiger partial charge in [-0.15, -0.1) is 6.58 Å². The molecule has 0 aliphatic rings. The van der Waals surface area contributed by atoms with Crippen LogP contribution in [0.2, 0.25) is 0 Å². The number of aliphatic hydroxyl groups is 1. The largest absolute Gasteiger partial charge is 0.395 e. The first kappa shape index (κ1) is 14.7. The number of aliphatic hydroxyl groups excluding tert-OH is 1. The lowest BCUT2D eigenvalue weighted by atomic mass is 9.95. The van der Waals surface area contributed by atoms with Gasteiger partial charge in [0.2, 0.25) is 0 Å². The van der Waals surface area contributed by atoms with Crippen molar-refractivity contribution in [3.8, 4) is 0 Å². The highest BCUT2D eigenvalue weighted by atomic mass is 16.3. The van der Waals surface area contributed by atoms with E-state index in [2.05, 4.69) is 39.6 Å². The molecule has 0 aromatic heterocycles. The summed E-state index contributed by atoms with van der Waals surface area (Å²) in [6.07, 6.45) is 4.08. The van der Waals surface area contributed by atoms with E-state index in [0.29, 0.717) is 17.9 Å². The van der Waals surface area contributed by atoms with E-state index in [9.17, 15) is 5.11 Å². The fourth-order valence-corrected chi connectivity index (χ4v) is 1.65. The first-order valence-electron chi connectivity index (χ1n) is 6.04. The molecule has 0 bridgehead atoms. The summed E-state index contributed by atoms with van der Waals surface area (Å²) in [7, 11) is 0. The average Bonchev–Trinajstić information content (AvgIpc) is 2.24. The molecule has 0 aliphatic heterocycles. The highest BCUT2D eigenvalue weighted by Gasteiger charge is 2.19. The Balaban J connectivity index is 4.10. The topological polar surface area (TPSA) is 32.3 Å². The minimum atomic E-state index is 0.220. The van der Waals surface area contributed by atoms with E-state index in [0.717, 1.165) is 12.8 Å². The van der Waals surface area contributed by atoms with Gasteiger partial charge in [0.1, 0.15) is 0 Å². The van der Waals surface area contributed by atoms with Crippen molar-refractivity contribution in [3.05, 3.63) is 12.7 Å². The molecule has 0 fully saturated rings. The monoisotopic (exact) mass is 213 g/mol. The van der Waals surface area contributed by atoms with Gasteiger partial charge in [0, 0.05) is 12.1 Å². The number of allylic oxidation sites excluding steroid dienone is 1. The third kappa shape index (κ3) is 5.33. The second kappa shape index (κ2) is 7.89. The van der Waals surface area contributed by atoms with Crippen LogP contribution in [0, 0.1) is 11.8 Å². The fraction of sp³-hybridized carbons (Fsp3) is 0.846. The van der Waals surface area contributed by atoms with Crippen LogP contribution >= 0.6 is 0 Å². The van der Waals surface area contributed by atoms with Gasteiger partial charge in [-0.1, -0.05) is 33.3 Å². The number of hydrogen-bond donors (Lipinski definition) is 2. The van der Waals surface area contributed by atoms with Crippen LogP contribution < -0.4 is 5.32 Å². The van der Waals surface area contributed by atoms with Crippen molar-refractivity contribution in [2.24, 2.45) is 11.8 Å². The molecule has 0 rings (SSSR count). The summed E-state index contributed by atoms with van der Waals surface area (Å²) in [5, 5.41) is 12.8. The van der Waals surface area contributed by atoms with E-state index in [4.69, 9.17) is 0 Å². The molecule has 90 valence electrons. The van der Waals surface area contributed by atoms with Gasteiger partial charge in [-0.2, -0.15) is 0 Å². The second-order valence-electron chi connectivity index (χ2n) is 4.63. The van der Waals surface area contributed by atoms with Crippen molar-refractivity contribution in [1.82, 2.24) is 5.32 Å². The Morgan fingerprint density at radius 3 is 2.27 bits per heavy atom. The maximum Gasteiger partial charge on any atom is 0.0587 e. The average molecular weight is 213 g/mol. The predicted molar refractivity (Wildman–Crippen MR) is 66.9 cm³/mol. The van der Waals surface area contributed by atoms with Crippen LogP contribution in [0.15, 0.2) is 12.7 Å². The highest BCUT2D eigenvalue weighted by molar-refractivity contribution is 4.81. The molecule has 0 aromatic rings. The SMILES string of the molecule is C=CCC(C)C(C)NC(CO)C(C)CC. The molecule has 2 heteroatoms. The van der Waals surface area contributed by atoms with E-state index in [1.54, 1.807) is 0 Å². The van der Waals surface area contributed by atoms with Gasteiger partial charge in [0.15, 0.2) is 0 Å². The van der Waals surface area contributed by atoms with Crippen LogP contribution in [0.25, 0.3) is 0 Å². The van der Waals surface area contributed by atoms with Crippen molar-refractivity contribution in [1.29, 1.82) is 0 Å². The first-order chi connectivity index (χ1) is 7.06. The Bertz CT molecular complexity index is 170. The summed E-state index contributed by atoms with van der Waals surface area (Å²) in [5.74, 6) is 1.09. The van der Waals surface area contributed by atoms with Crippen LogP contribution in [0.3, 0.4) is 0 Å². The third-order valence-corrected chi connectivity index (χ3v) is 3.40. The lowest BCUT2D eigenvalue weighted by molar-refractivity contribution is 0.182. The van der Waals surface area contributed by atoms with Crippen molar-refractivity contribution >= 4 is 0 Å². The zero-order chi connectivity index (χ0) is 11.8. The summed E-state index contributed by atoms with van der Waals surface area (Å²) >= 11 is 0. The zero-order valence-electron chi connectivity index (χ0n) is 10.7. The summed E-state index contributed by atoms with van der Waals surface area (Å²) in [6.45, 7) is 12.7. The molecule has 15 heavy (non-hydrogen) atoms. The van der Waals surface area contributed by atoms with Gasteiger partial charge in [0.05, 0.1) is 6.61 Å². The molecule has 4 atom stereocenters.